The first kappa shape index (κ1) is 17.8. The number of carbonyl (C=O) groups excluding carboxylic acids is 1. The van der Waals surface area contributed by atoms with Gasteiger partial charge in [-0.3, -0.25) is 15.0 Å². The predicted molar refractivity (Wildman–Crippen MR) is 101 cm³/mol. The first-order chi connectivity index (χ1) is 13.1. The minimum atomic E-state index is -0.521. The van der Waals surface area contributed by atoms with Crippen molar-refractivity contribution in [2.24, 2.45) is 0 Å². The van der Waals surface area contributed by atoms with Crippen molar-refractivity contribution in [1.82, 2.24) is 5.32 Å². The second kappa shape index (κ2) is 7.19. The summed E-state index contributed by atoms with van der Waals surface area (Å²) in [6.07, 6.45) is 3.87. The first-order valence-corrected chi connectivity index (χ1v) is 9.28. The lowest BCUT2D eigenvalue weighted by molar-refractivity contribution is 0.0988. The summed E-state index contributed by atoms with van der Waals surface area (Å²) < 4.78 is 26.3. The summed E-state index contributed by atoms with van der Waals surface area (Å²) in [4.78, 5) is 14.4. The Morgan fingerprint density at radius 3 is 2.59 bits per heavy atom. The van der Waals surface area contributed by atoms with Gasteiger partial charge in [-0.2, -0.15) is 0 Å². The van der Waals surface area contributed by atoms with Gasteiger partial charge in [0.1, 0.15) is 6.17 Å². The summed E-state index contributed by atoms with van der Waals surface area (Å²) in [5.41, 5.74) is 1.59. The van der Waals surface area contributed by atoms with E-state index in [0.29, 0.717) is 17.1 Å². The number of hydrogen-bond donors (Lipinski definition) is 1. The molecule has 142 valence electrons. The smallest absolute Gasteiger partial charge is 0.260 e. The van der Waals surface area contributed by atoms with Gasteiger partial charge in [0.05, 0.1) is 18.9 Å². The average Bonchev–Trinajstić information content (AvgIpc) is 3.29. The van der Waals surface area contributed by atoms with Gasteiger partial charge < -0.3 is 9.47 Å². The highest BCUT2D eigenvalue weighted by Gasteiger charge is 2.38. The molecule has 5 nitrogen and oxygen atoms in total. The Morgan fingerprint density at radius 2 is 1.89 bits per heavy atom. The van der Waals surface area contributed by atoms with E-state index < -0.39 is 12.0 Å². The Morgan fingerprint density at radius 1 is 1.15 bits per heavy atom. The number of amides is 1. The quantitative estimate of drug-likeness (QED) is 0.863. The molecule has 1 heterocycles. The third-order valence-electron chi connectivity index (χ3n) is 5.32. The van der Waals surface area contributed by atoms with Crippen molar-refractivity contribution in [2.45, 2.75) is 38.0 Å². The molecule has 1 saturated carbocycles. The third kappa shape index (κ3) is 3.04. The number of nitrogens with zero attached hydrogens (tertiary/aromatic N) is 1. The molecule has 0 saturated heterocycles. The number of anilines is 1. The van der Waals surface area contributed by atoms with Crippen molar-refractivity contribution >= 4 is 11.6 Å². The van der Waals surface area contributed by atoms with E-state index in [-0.39, 0.29) is 17.7 Å². The van der Waals surface area contributed by atoms with Crippen LogP contribution in [-0.4, -0.2) is 26.2 Å². The minimum Gasteiger partial charge on any atom is -0.493 e. The van der Waals surface area contributed by atoms with Crippen molar-refractivity contribution < 1.29 is 18.7 Å². The maximum atomic E-state index is 14.9. The first-order valence-electron chi connectivity index (χ1n) is 9.28. The highest BCUT2D eigenvalue weighted by Crippen LogP contribution is 2.42. The highest BCUT2D eigenvalue weighted by molar-refractivity contribution is 6.11. The SMILES string of the molecule is CNC1c2ccccc2C(=O)N1c1cc(OC2CCCC2)c(OC)cc1F. The molecule has 1 aliphatic heterocycles. The standard InChI is InChI=1S/C21H23FN2O3/c1-23-20-14-9-5-6-10-15(14)21(25)24(20)17-12-19(18(26-2)11-16(17)22)27-13-7-3-4-8-13/h5-6,9-13,20,23H,3-4,7-8H2,1-2H3. The summed E-state index contributed by atoms with van der Waals surface area (Å²) in [7, 11) is 3.24. The largest absolute Gasteiger partial charge is 0.493 e. The van der Waals surface area contributed by atoms with E-state index in [1.807, 2.05) is 18.2 Å². The maximum absolute atomic E-state index is 14.9. The fourth-order valence-electron chi connectivity index (χ4n) is 4.00. The summed E-state index contributed by atoms with van der Waals surface area (Å²) >= 11 is 0. The van der Waals surface area contributed by atoms with Gasteiger partial charge in [-0.25, -0.2) is 4.39 Å². The monoisotopic (exact) mass is 370 g/mol. The fourth-order valence-corrected chi connectivity index (χ4v) is 4.00. The molecule has 0 aromatic heterocycles. The number of rotatable bonds is 5. The van der Waals surface area contributed by atoms with Crippen LogP contribution in [0.3, 0.4) is 0 Å². The van der Waals surface area contributed by atoms with Crippen LogP contribution in [0.1, 0.15) is 47.8 Å². The summed E-state index contributed by atoms with van der Waals surface area (Å²) in [6.45, 7) is 0. The molecule has 2 aromatic rings. The molecule has 4 rings (SSSR count). The van der Waals surface area contributed by atoms with E-state index in [0.717, 1.165) is 31.2 Å². The number of nitrogens with one attached hydrogen (secondary N) is 1. The van der Waals surface area contributed by atoms with Crippen molar-refractivity contribution in [3.8, 4) is 11.5 Å². The fraction of sp³-hybridized carbons (Fsp3) is 0.381. The van der Waals surface area contributed by atoms with Crippen molar-refractivity contribution in [3.63, 3.8) is 0 Å². The summed E-state index contributed by atoms with van der Waals surface area (Å²) in [5, 5.41) is 3.11. The van der Waals surface area contributed by atoms with E-state index >= 15 is 0 Å². The number of fused-ring (bicyclic) bond motifs is 1. The molecule has 1 aliphatic carbocycles. The highest BCUT2D eigenvalue weighted by atomic mass is 19.1. The van der Waals surface area contributed by atoms with Crippen LogP contribution in [0, 0.1) is 5.82 Å². The second-order valence-corrected chi connectivity index (χ2v) is 6.93. The molecule has 2 aromatic carbocycles. The Bertz CT molecular complexity index is 865. The van der Waals surface area contributed by atoms with Gasteiger partial charge in [-0.15, -0.1) is 0 Å². The molecule has 6 heteroatoms. The van der Waals surface area contributed by atoms with E-state index in [4.69, 9.17) is 9.47 Å². The lowest BCUT2D eigenvalue weighted by Crippen LogP contribution is -2.35. The molecular formula is C21H23FN2O3. The molecule has 1 N–H and O–H groups in total. The van der Waals surface area contributed by atoms with E-state index in [1.54, 1.807) is 19.2 Å². The predicted octanol–water partition coefficient (Wildman–Crippen LogP) is 4.03. The topological polar surface area (TPSA) is 50.8 Å². The van der Waals surface area contributed by atoms with Crippen LogP contribution < -0.4 is 19.7 Å². The van der Waals surface area contributed by atoms with Crippen molar-refractivity contribution in [1.29, 1.82) is 0 Å². The van der Waals surface area contributed by atoms with E-state index in [9.17, 15) is 9.18 Å². The molecular weight excluding hydrogens is 347 g/mol. The average molecular weight is 370 g/mol. The van der Waals surface area contributed by atoms with Gasteiger partial charge in [0.15, 0.2) is 17.3 Å². The number of methoxy groups -OCH3 is 1. The number of carbonyl (C=O) groups is 1. The van der Waals surface area contributed by atoms with E-state index in [2.05, 4.69) is 5.32 Å². The van der Waals surface area contributed by atoms with Crippen LogP contribution in [0.4, 0.5) is 10.1 Å². The van der Waals surface area contributed by atoms with Gasteiger partial charge in [-0.1, -0.05) is 18.2 Å². The van der Waals surface area contributed by atoms with Crippen molar-refractivity contribution in [3.05, 3.63) is 53.3 Å². The summed E-state index contributed by atoms with van der Waals surface area (Å²) in [6, 6.07) is 10.2. The second-order valence-electron chi connectivity index (χ2n) is 6.93. The van der Waals surface area contributed by atoms with Gasteiger partial charge in [0.2, 0.25) is 0 Å². The molecule has 2 aliphatic rings. The lowest BCUT2D eigenvalue weighted by atomic mass is 10.1. The van der Waals surface area contributed by atoms with E-state index in [1.165, 1.54) is 18.1 Å². The van der Waals surface area contributed by atoms with Gasteiger partial charge in [0.25, 0.3) is 5.91 Å². The van der Waals surface area contributed by atoms with Crippen LogP contribution in [0.15, 0.2) is 36.4 Å². The van der Waals surface area contributed by atoms with Crippen molar-refractivity contribution in [2.75, 3.05) is 19.1 Å². The minimum absolute atomic E-state index is 0.101. The van der Waals surface area contributed by atoms with Gasteiger partial charge >= 0.3 is 0 Å². The Kier molecular flexibility index (Phi) is 4.74. The van der Waals surface area contributed by atoms with Gasteiger partial charge in [-0.05, 0) is 38.8 Å². The number of benzene rings is 2. The van der Waals surface area contributed by atoms with Crippen LogP contribution in [0.2, 0.25) is 0 Å². The molecule has 1 atom stereocenters. The van der Waals surface area contributed by atoms with Crippen LogP contribution in [-0.2, 0) is 0 Å². The third-order valence-corrected chi connectivity index (χ3v) is 5.32. The zero-order valence-electron chi connectivity index (χ0n) is 15.5. The number of hydrogen-bond acceptors (Lipinski definition) is 4. The molecule has 1 fully saturated rings. The Hall–Kier alpha value is -2.60. The summed E-state index contributed by atoms with van der Waals surface area (Å²) in [5.74, 6) is 0.0561. The molecule has 0 radical (unpaired) electrons. The zero-order chi connectivity index (χ0) is 19.0. The van der Waals surface area contributed by atoms with Crippen LogP contribution in [0.25, 0.3) is 0 Å². The zero-order valence-corrected chi connectivity index (χ0v) is 15.5. The van der Waals surface area contributed by atoms with Crippen LogP contribution in [0.5, 0.6) is 11.5 Å². The Balaban J connectivity index is 1.75. The number of ether oxygens (including phenoxy) is 2. The molecule has 27 heavy (non-hydrogen) atoms. The van der Waals surface area contributed by atoms with Gasteiger partial charge in [0, 0.05) is 23.3 Å². The lowest BCUT2D eigenvalue weighted by Gasteiger charge is -2.26. The Labute approximate surface area is 158 Å². The normalized spacial score (nSPS) is 19.4. The molecule has 1 amide bonds. The molecule has 1 unspecified atom stereocenters. The number of halogens is 1. The maximum Gasteiger partial charge on any atom is 0.260 e. The van der Waals surface area contributed by atoms with Crippen LogP contribution >= 0.6 is 0 Å². The molecule has 0 bridgehead atoms. The molecule has 0 spiro atoms.